The molecule has 1 atom stereocenters. The highest BCUT2D eigenvalue weighted by Gasteiger charge is 2.28. The summed E-state index contributed by atoms with van der Waals surface area (Å²) in [6, 6.07) is -0.417. The fourth-order valence-electron chi connectivity index (χ4n) is 1.09. The van der Waals surface area contributed by atoms with Gasteiger partial charge in [0.25, 0.3) is 10.2 Å². The first-order valence-electron chi connectivity index (χ1n) is 4.60. The van der Waals surface area contributed by atoms with Crippen molar-refractivity contribution in [1.29, 1.82) is 0 Å². The number of nitrogens with one attached hydrogen (secondary N) is 3. The first kappa shape index (κ1) is 10.5. The van der Waals surface area contributed by atoms with Crippen LogP contribution in [-0.4, -0.2) is 35.1 Å². The average Bonchev–Trinajstić information content (AvgIpc) is 2.78. The Morgan fingerprint density at radius 2 is 2.27 bits per heavy atom. The van der Waals surface area contributed by atoms with E-state index >= 15 is 0 Å². The highest BCUT2D eigenvalue weighted by Crippen LogP contribution is 2.19. The molecule has 1 saturated carbocycles. The quantitative estimate of drug-likeness (QED) is 0.593. The van der Waals surface area contributed by atoms with Crippen LogP contribution in [0.4, 0.5) is 0 Å². The van der Waals surface area contributed by atoms with Crippen molar-refractivity contribution in [2.24, 2.45) is 0 Å². The van der Waals surface area contributed by atoms with E-state index in [4.69, 9.17) is 0 Å². The second kappa shape index (κ2) is 3.83. The van der Waals surface area contributed by atoms with Gasteiger partial charge in [-0.1, -0.05) is 5.21 Å². The Balaban J connectivity index is 1.95. The van der Waals surface area contributed by atoms with E-state index in [0.717, 1.165) is 12.8 Å². The van der Waals surface area contributed by atoms with E-state index in [2.05, 4.69) is 30.1 Å². The van der Waals surface area contributed by atoms with Gasteiger partial charge >= 0.3 is 0 Å². The predicted octanol–water partition coefficient (Wildman–Crippen LogP) is -1.15. The zero-order chi connectivity index (χ0) is 10.9. The van der Waals surface area contributed by atoms with Crippen molar-refractivity contribution >= 4 is 10.2 Å². The Hall–Kier alpha value is -1.06. The molecule has 0 aromatic carbocycles. The van der Waals surface area contributed by atoms with Gasteiger partial charge in [0.2, 0.25) is 0 Å². The molecule has 1 aliphatic carbocycles. The van der Waals surface area contributed by atoms with Crippen LogP contribution in [0.3, 0.4) is 0 Å². The maximum Gasteiger partial charge on any atom is 0.277 e. The Bertz CT molecular complexity index is 411. The largest absolute Gasteiger partial charge is 0.277 e. The van der Waals surface area contributed by atoms with Crippen molar-refractivity contribution < 1.29 is 8.42 Å². The van der Waals surface area contributed by atoms with Crippen LogP contribution in [0.1, 0.15) is 31.6 Å². The molecule has 1 aliphatic rings. The van der Waals surface area contributed by atoms with Crippen LogP contribution in [0.15, 0.2) is 0 Å². The van der Waals surface area contributed by atoms with E-state index in [0.29, 0.717) is 5.82 Å². The number of tetrazole rings is 1. The lowest BCUT2D eigenvalue weighted by Gasteiger charge is -2.10. The summed E-state index contributed by atoms with van der Waals surface area (Å²) < 4.78 is 27.9. The standard InChI is InChI=1S/C6H12N6O2S/c1-4(6-7-11-12-8-6)9-15(13,14)10-5-2-3-5/h4-5,9-10H,2-3H2,1H3,(H,7,8,11,12). The molecule has 0 spiro atoms. The molecule has 8 nitrogen and oxygen atoms in total. The topological polar surface area (TPSA) is 113 Å². The summed E-state index contributed by atoms with van der Waals surface area (Å²) in [6.45, 7) is 1.65. The maximum absolute atomic E-state index is 11.5. The molecule has 1 fully saturated rings. The Kier molecular flexibility index (Phi) is 2.67. The summed E-state index contributed by atoms with van der Waals surface area (Å²) in [4.78, 5) is 0. The second-order valence-corrected chi connectivity index (χ2v) is 4.98. The molecule has 9 heteroatoms. The normalized spacial score (nSPS) is 19.0. The SMILES string of the molecule is CC(NS(=O)(=O)NC1CC1)c1nn[nH]n1. The molecule has 84 valence electrons. The molecule has 1 unspecified atom stereocenters. The van der Waals surface area contributed by atoms with Crippen molar-refractivity contribution in [2.45, 2.75) is 31.8 Å². The molecule has 3 N–H and O–H groups in total. The van der Waals surface area contributed by atoms with Crippen molar-refractivity contribution in [1.82, 2.24) is 30.1 Å². The number of hydrogen-bond acceptors (Lipinski definition) is 5. The highest BCUT2D eigenvalue weighted by molar-refractivity contribution is 7.87. The zero-order valence-electron chi connectivity index (χ0n) is 8.14. The van der Waals surface area contributed by atoms with Crippen LogP contribution in [0.2, 0.25) is 0 Å². The van der Waals surface area contributed by atoms with Gasteiger partial charge in [0, 0.05) is 6.04 Å². The molecule has 0 saturated heterocycles. The van der Waals surface area contributed by atoms with Gasteiger partial charge in [-0.2, -0.15) is 23.1 Å². The summed E-state index contributed by atoms with van der Waals surface area (Å²) in [6.07, 6.45) is 1.80. The second-order valence-electron chi connectivity index (χ2n) is 3.51. The third-order valence-corrected chi connectivity index (χ3v) is 3.29. The van der Waals surface area contributed by atoms with Crippen LogP contribution in [-0.2, 0) is 10.2 Å². The zero-order valence-corrected chi connectivity index (χ0v) is 8.95. The van der Waals surface area contributed by atoms with Gasteiger partial charge in [0.1, 0.15) is 0 Å². The predicted molar refractivity (Wildman–Crippen MR) is 50.8 cm³/mol. The maximum atomic E-state index is 11.5. The van der Waals surface area contributed by atoms with E-state index in [1.54, 1.807) is 6.92 Å². The van der Waals surface area contributed by atoms with Gasteiger partial charge in [0.05, 0.1) is 6.04 Å². The minimum absolute atomic E-state index is 0.0833. The molecule has 0 amide bonds. The molecule has 2 rings (SSSR count). The van der Waals surface area contributed by atoms with Gasteiger partial charge in [0.15, 0.2) is 5.82 Å². The molecular formula is C6H12N6O2S. The lowest BCUT2D eigenvalue weighted by atomic mass is 10.4. The van der Waals surface area contributed by atoms with Crippen molar-refractivity contribution in [3.05, 3.63) is 5.82 Å². The van der Waals surface area contributed by atoms with Crippen LogP contribution in [0, 0.1) is 0 Å². The Morgan fingerprint density at radius 3 is 2.80 bits per heavy atom. The number of H-pyrrole nitrogens is 1. The molecule has 15 heavy (non-hydrogen) atoms. The molecule has 0 bridgehead atoms. The fraction of sp³-hybridized carbons (Fsp3) is 0.833. The van der Waals surface area contributed by atoms with Crippen LogP contribution in [0.5, 0.6) is 0 Å². The number of aromatic nitrogens is 4. The van der Waals surface area contributed by atoms with Gasteiger partial charge in [-0.05, 0) is 19.8 Å². The van der Waals surface area contributed by atoms with E-state index in [1.165, 1.54) is 0 Å². The molecular weight excluding hydrogens is 220 g/mol. The van der Waals surface area contributed by atoms with Gasteiger partial charge < -0.3 is 0 Å². The number of hydrogen-bond donors (Lipinski definition) is 3. The van der Waals surface area contributed by atoms with Crippen LogP contribution >= 0.6 is 0 Å². The molecule has 0 radical (unpaired) electrons. The number of nitrogens with zero attached hydrogens (tertiary/aromatic N) is 3. The van der Waals surface area contributed by atoms with Crippen molar-refractivity contribution in [3.63, 3.8) is 0 Å². The molecule has 1 aromatic heterocycles. The molecule has 0 aliphatic heterocycles. The smallest absolute Gasteiger partial charge is 0.199 e. The van der Waals surface area contributed by atoms with Crippen LogP contribution in [0.25, 0.3) is 0 Å². The minimum Gasteiger partial charge on any atom is -0.199 e. The van der Waals surface area contributed by atoms with E-state index < -0.39 is 16.3 Å². The summed E-state index contributed by atoms with van der Waals surface area (Å²) in [7, 11) is -3.47. The molecule has 1 aromatic rings. The Morgan fingerprint density at radius 1 is 1.53 bits per heavy atom. The van der Waals surface area contributed by atoms with Crippen molar-refractivity contribution in [3.8, 4) is 0 Å². The van der Waals surface area contributed by atoms with Gasteiger partial charge in [-0.25, -0.2) is 0 Å². The van der Waals surface area contributed by atoms with Crippen LogP contribution < -0.4 is 9.44 Å². The van der Waals surface area contributed by atoms with Crippen molar-refractivity contribution in [2.75, 3.05) is 0 Å². The summed E-state index contributed by atoms with van der Waals surface area (Å²) in [5.41, 5.74) is 0. The number of aromatic amines is 1. The third-order valence-electron chi connectivity index (χ3n) is 1.98. The van der Waals surface area contributed by atoms with Gasteiger partial charge in [-0.3, -0.25) is 0 Å². The minimum atomic E-state index is -3.47. The van der Waals surface area contributed by atoms with E-state index in [1.807, 2.05) is 0 Å². The van der Waals surface area contributed by atoms with E-state index in [9.17, 15) is 8.42 Å². The third kappa shape index (κ3) is 2.94. The summed E-state index contributed by atoms with van der Waals surface area (Å²) in [5.74, 6) is 0.316. The first-order chi connectivity index (χ1) is 7.07. The lowest BCUT2D eigenvalue weighted by Crippen LogP contribution is -2.39. The summed E-state index contributed by atoms with van der Waals surface area (Å²) >= 11 is 0. The lowest BCUT2D eigenvalue weighted by molar-refractivity contribution is 0.545. The first-order valence-corrected chi connectivity index (χ1v) is 6.08. The highest BCUT2D eigenvalue weighted by atomic mass is 32.2. The fourth-order valence-corrected chi connectivity index (χ4v) is 2.41. The molecule has 1 heterocycles. The van der Waals surface area contributed by atoms with Gasteiger partial charge in [-0.15, -0.1) is 10.2 Å². The number of rotatable bonds is 5. The monoisotopic (exact) mass is 232 g/mol. The Labute approximate surface area is 87.0 Å². The summed E-state index contributed by atoms with van der Waals surface area (Å²) in [5, 5.41) is 13.0. The average molecular weight is 232 g/mol. The van der Waals surface area contributed by atoms with E-state index in [-0.39, 0.29) is 6.04 Å².